The summed E-state index contributed by atoms with van der Waals surface area (Å²) in [7, 11) is 0. The fourth-order valence-corrected chi connectivity index (χ4v) is 9.95. The fraction of sp³-hybridized carbons (Fsp3) is 0.676. The van der Waals surface area contributed by atoms with Crippen molar-refractivity contribution in [2.24, 2.45) is 46.3 Å². The number of allylic oxidation sites excluding steroid dienone is 1. The Labute approximate surface area is 259 Å². The molecule has 0 radical (unpaired) electrons. The van der Waals surface area contributed by atoms with Gasteiger partial charge in [-0.1, -0.05) is 65.5 Å². The minimum atomic E-state index is -0.678. The number of benzene rings is 1. The topological polar surface area (TPSA) is 105 Å². The number of ether oxygens (including phenoxy) is 2. The van der Waals surface area contributed by atoms with Crippen molar-refractivity contribution in [3.05, 3.63) is 42.0 Å². The maximum absolute atomic E-state index is 12.6. The van der Waals surface area contributed by atoms with Gasteiger partial charge in [0.1, 0.15) is 11.9 Å². The van der Waals surface area contributed by atoms with E-state index >= 15 is 0 Å². The quantitative estimate of drug-likeness (QED) is 0.0986. The molecule has 0 bridgehead atoms. The lowest BCUT2D eigenvalue weighted by molar-refractivity contribution is -0.145. The molecule has 6 heteroatoms. The van der Waals surface area contributed by atoms with Gasteiger partial charge in [-0.05, 0) is 97.3 Å². The van der Waals surface area contributed by atoms with E-state index in [0.29, 0.717) is 16.8 Å². The Bertz CT molecular complexity index is 1230. The lowest BCUT2D eigenvalue weighted by Gasteiger charge is -2.58. The Morgan fingerprint density at radius 2 is 1.65 bits per heavy atom. The van der Waals surface area contributed by atoms with Gasteiger partial charge in [0.05, 0.1) is 0 Å². The van der Waals surface area contributed by atoms with Gasteiger partial charge in [0.25, 0.3) is 0 Å². The number of fused-ring (bicyclic) bond motifs is 5. The van der Waals surface area contributed by atoms with Crippen LogP contribution in [0.4, 0.5) is 11.4 Å². The second kappa shape index (κ2) is 12.7. The Hall–Kier alpha value is -2.76. The van der Waals surface area contributed by atoms with Crippen LogP contribution >= 0.6 is 0 Å². The van der Waals surface area contributed by atoms with Crippen molar-refractivity contribution in [2.75, 3.05) is 11.5 Å². The van der Waals surface area contributed by atoms with Crippen LogP contribution in [0.1, 0.15) is 105 Å². The molecule has 6 nitrogen and oxygen atoms in total. The highest BCUT2D eigenvalue weighted by atomic mass is 16.5. The number of carbonyl (C=O) groups is 2. The van der Waals surface area contributed by atoms with Crippen molar-refractivity contribution >= 4 is 23.3 Å². The summed E-state index contributed by atoms with van der Waals surface area (Å²) >= 11 is 0. The van der Waals surface area contributed by atoms with Crippen LogP contribution in [0.25, 0.3) is 0 Å². The van der Waals surface area contributed by atoms with Crippen LogP contribution in [-0.2, 0) is 14.3 Å². The summed E-state index contributed by atoms with van der Waals surface area (Å²) in [6.07, 6.45) is 18.1. The molecule has 0 amide bonds. The van der Waals surface area contributed by atoms with Gasteiger partial charge >= 0.3 is 11.9 Å². The van der Waals surface area contributed by atoms with E-state index in [9.17, 15) is 9.59 Å². The van der Waals surface area contributed by atoms with Gasteiger partial charge in [-0.3, -0.25) is 0 Å². The highest BCUT2D eigenvalue weighted by molar-refractivity contribution is 5.92. The summed E-state index contributed by atoms with van der Waals surface area (Å²) in [5.74, 6) is 3.89. The van der Waals surface area contributed by atoms with Crippen molar-refractivity contribution in [3.63, 3.8) is 0 Å². The van der Waals surface area contributed by atoms with E-state index in [1.807, 2.05) is 0 Å². The molecule has 5 rings (SSSR count). The SMILES string of the molecule is CC(C)CCCC(C)C1CCC2C3CC=C4CC(OC(=O)C=CC(=O)Oc5cc(N)cc(N)c5)CCC4(C)C3CCC12C. The van der Waals surface area contributed by atoms with E-state index in [4.69, 9.17) is 20.9 Å². The zero-order valence-corrected chi connectivity index (χ0v) is 27.1. The number of anilines is 2. The van der Waals surface area contributed by atoms with Gasteiger partial charge < -0.3 is 20.9 Å². The van der Waals surface area contributed by atoms with Gasteiger partial charge in [-0.15, -0.1) is 0 Å². The first-order valence-electron chi connectivity index (χ1n) is 16.8. The molecule has 0 saturated heterocycles. The number of nitrogens with two attached hydrogens (primary N) is 2. The summed E-state index contributed by atoms with van der Waals surface area (Å²) in [4.78, 5) is 24.8. The first kappa shape index (κ1) is 31.7. The first-order chi connectivity index (χ1) is 20.4. The average Bonchev–Trinajstić information content (AvgIpc) is 3.28. The maximum atomic E-state index is 12.6. The fourth-order valence-electron chi connectivity index (χ4n) is 9.95. The monoisotopic (exact) mass is 590 g/mol. The lowest BCUT2D eigenvalue weighted by atomic mass is 9.47. The van der Waals surface area contributed by atoms with Gasteiger partial charge in [-0.25, -0.2) is 9.59 Å². The number of carbonyl (C=O) groups excluding carboxylic acids is 2. The minimum Gasteiger partial charge on any atom is -0.459 e. The second-order valence-electron chi connectivity index (χ2n) is 15.2. The minimum absolute atomic E-state index is 0.158. The summed E-state index contributed by atoms with van der Waals surface area (Å²) in [6.45, 7) is 12.4. The van der Waals surface area contributed by atoms with Crippen LogP contribution in [0.2, 0.25) is 0 Å². The first-order valence-corrected chi connectivity index (χ1v) is 16.8. The highest BCUT2D eigenvalue weighted by Crippen LogP contribution is 2.67. The number of esters is 2. The van der Waals surface area contributed by atoms with Gasteiger partial charge in [0.15, 0.2) is 0 Å². The van der Waals surface area contributed by atoms with E-state index in [1.165, 1.54) is 69.1 Å². The van der Waals surface area contributed by atoms with E-state index in [-0.39, 0.29) is 17.3 Å². The maximum Gasteiger partial charge on any atom is 0.336 e. The van der Waals surface area contributed by atoms with Crippen LogP contribution in [0.3, 0.4) is 0 Å². The predicted molar refractivity (Wildman–Crippen MR) is 173 cm³/mol. The summed E-state index contributed by atoms with van der Waals surface area (Å²) < 4.78 is 11.0. The van der Waals surface area contributed by atoms with Gasteiger partial charge in [0, 0.05) is 42.1 Å². The molecule has 4 aliphatic carbocycles. The average molecular weight is 591 g/mol. The van der Waals surface area contributed by atoms with Gasteiger partial charge in [0.2, 0.25) is 0 Å². The van der Waals surface area contributed by atoms with Crippen LogP contribution in [0.15, 0.2) is 42.0 Å². The van der Waals surface area contributed by atoms with E-state index < -0.39 is 11.9 Å². The van der Waals surface area contributed by atoms with Crippen molar-refractivity contribution in [3.8, 4) is 5.75 Å². The Balaban J connectivity index is 1.17. The van der Waals surface area contributed by atoms with Crippen molar-refractivity contribution in [1.29, 1.82) is 0 Å². The smallest absolute Gasteiger partial charge is 0.336 e. The summed E-state index contributed by atoms with van der Waals surface area (Å²) in [6, 6.07) is 4.60. The number of hydrogen-bond donors (Lipinski definition) is 2. The zero-order chi connectivity index (χ0) is 30.9. The molecule has 1 aromatic rings. The van der Waals surface area contributed by atoms with E-state index in [0.717, 1.165) is 66.9 Å². The molecule has 0 spiro atoms. The van der Waals surface area contributed by atoms with Crippen LogP contribution in [-0.4, -0.2) is 18.0 Å². The third-order valence-corrected chi connectivity index (χ3v) is 12.1. The molecule has 236 valence electrons. The Morgan fingerprint density at radius 1 is 0.930 bits per heavy atom. The molecule has 3 saturated carbocycles. The molecule has 3 fully saturated rings. The van der Waals surface area contributed by atoms with Crippen LogP contribution in [0.5, 0.6) is 5.75 Å². The number of rotatable bonds is 9. The van der Waals surface area contributed by atoms with E-state index in [2.05, 4.69) is 40.7 Å². The second-order valence-corrected chi connectivity index (χ2v) is 15.2. The molecule has 0 heterocycles. The molecule has 43 heavy (non-hydrogen) atoms. The molecule has 4 aliphatic rings. The van der Waals surface area contributed by atoms with Crippen molar-refractivity contribution < 1.29 is 19.1 Å². The highest BCUT2D eigenvalue weighted by Gasteiger charge is 2.59. The van der Waals surface area contributed by atoms with Crippen molar-refractivity contribution in [2.45, 2.75) is 111 Å². The van der Waals surface area contributed by atoms with E-state index in [1.54, 1.807) is 6.07 Å². The molecule has 8 unspecified atom stereocenters. The van der Waals surface area contributed by atoms with Crippen LogP contribution in [0, 0.1) is 46.3 Å². The number of nitrogen functional groups attached to an aromatic ring is 2. The lowest BCUT2D eigenvalue weighted by Crippen LogP contribution is -2.51. The molecular weight excluding hydrogens is 536 g/mol. The summed E-state index contributed by atoms with van der Waals surface area (Å²) in [5.41, 5.74) is 14.5. The predicted octanol–water partition coefficient (Wildman–Crippen LogP) is 8.27. The Morgan fingerprint density at radius 3 is 2.37 bits per heavy atom. The molecule has 0 aliphatic heterocycles. The Kier molecular flexibility index (Phi) is 9.34. The zero-order valence-electron chi connectivity index (χ0n) is 27.1. The summed E-state index contributed by atoms with van der Waals surface area (Å²) in [5, 5.41) is 0. The molecule has 1 aromatic carbocycles. The molecule has 0 aromatic heterocycles. The molecule has 8 atom stereocenters. The van der Waals surface area contributed by atoms with Gasteiger partial charge in [-0.2, -0.15) is 0 Å². The largest absolute Gasteiger partial charge is 0.459 e. The van der Waals surface area contributed by atoms with Crippen molar-refractivity contribution in [1.82, 2.24) is 0 Å². The standard InChI is InChI=1S/C37H54N2O4/c1-23(2)7-6-8-24(3)31-11-12-32-30-10-9-25-19-28(15-17-36(25,4)33(30)16-18-37(31,32)5)42-34(40)13-14-35(41)43-29-21-26(38)20-27(39)22-29/h9,13-14,20-24,28,30-33H,6-8,10-12,15-19,38-39H2,1-5H3. The third-order valence-electron chi connectivity index (χ3n) is 12.1. The molecular formula is C37H54N2O4. The third kappa shape index (κ3) is 6.68. The number of hydrogen-bond acceptors (Lipinski definition) is 6. The van der Waals surface area contributed by atoms with Crippen LogP contribution < -0.4 is 16.2 Å². The normalized spacial score (nSPS) is 34.2. The molecule has 4 N–H and O–H groups in total.